The summed E-state index contributed by atoms with van der Waals surface area (Å²) in [6.07, 6.45) is 0. The molecule has 3 N–H and O–H groups in total. The maximum atomic E-state index is 13.5. The van der Waals surface area contributed by atoms with Gasteiger partial charge in [0.15, 0.2) is 4.90 Å². The third-order valence-electron chi connectivity index (χ3n) is 2.49. The molecule has 0 aliphatic carbocycles. The first kappa shape index (κ1) is 15.1. The molecule has 0 spiro atoms. The Hall–Kier alpha value is -2.29. The van der Waals surface area contributed by atoms with Crippen molar-refractivity contribution in [1.29, 1.82) is 0 Å². The van der Waals surface area contributed by atoms with E-state index in [1.807, 2.05) is 0 Å². The van der Waals surface area contributed by atoms with Crippen molar-refractivity contribution in [2.75, 3.05) is 10.5 Å². The lowest BCUT2D eigenvalue weighted by Gasteiger charge is -2.11. The first-order valence-corrected chi connectivity index (χ1v) is 6.91. The molecular weight excluding hydrogens is 312 g/mol. The second kappa shape index (κ2) is 5.24. The maximum absolute atomic E-state index is 13.5. The predicted octanol–water partition coefficient (Wildman–Crippen LogP) is 2.63. The summed E-state index contributed by atoms with van der Waals surface area (Å²) in [4.78, 5) is -1.38. The van der Waals surface area contributed by atoms with Crippen LogP contribution in [0.4, 0.5) is 28.9 Å². The molecule has 0 heterocycles. The Morgan fingerprint density at radius 1 is 0.905 bits per heavy atom. The molecule has 4 nitrogen and oxygen atoms in total. The van der Waals surface area contributed by atoms with E-state index in [4.69, 9.17) is 5.73 Å². The standard InChI is InChI=1S/C12H8F4N2O2S/c13-6-1-2-10(17)11(5-6)18-21(19,20)12-8(15)3-7(14)4-9(12)16/h1-5,18H,17H2. The maximum Gasteiger partial charge on any atom is 0.267 e. The zero-order valence-corrected chi connectivity index (χ0v) is 11.0. The van der Waals surface area contributed by atoms with Crippen LogP contribution in [0.3, 0.4) is 0 Å². The van der Waals surface area contributed by atoms with E-state index >= 15 is 0 Å². The van der Waals surface area contributed by atoms with Gasteiger partial charge in [0.25, 0.3) is 10.0 Å². The SMILES string of the molecule is Nc1ccc(F)cc1NS(=O)(=O)c1c(F)cc(F)cc1F. The zero-order valence-electron chi connectivity index (χ0n) is 10.2. The summed E-state index contributed by atoms with van der Waals surface area (Å²) in [7, 11) is -4.74. The Kier molecular flexibility index (Phi) is 3.77. The molecule has 0 radical (unpaired) electrons. The van der Waals surface area contributed by atoms with E-state index in [1.54, 1.807) is 4.72 Å². The molecule has 0 saturated heterocycles. The van der Waals surface area contributed by atoms with E-state index < -0.39 is 43.9 Å². The molecule has 0 saturated carbocycles. The van der Waals surface area contributed by atoms with Crippen molar-refractivity contribution in [2.45, 2.75) is 4.90 Å². The molecule has 0 atom stereocenters. The second-order valence-corrected chi connectivity index (χ2v) is 5.65. The Morgan fingerprint density at radius 3 is 2.05 bits per heavy atom. The lowest BCUT2D eigenvalue weighted by atomic mass is 10.3. The summed E-state index contributed by atoms with van der Waals surface area (Å²) in [6, 6.07) is 3.22. The van der Waals surface area contributed by atoms with Gasteiger partial charge >= 0.3 is 0 Å². The van der Waals surface area contributed by atoms with Crippen LogP contribution in [0.25, 0.3) is 0 Å². The second-order valence-electron chi connectivity index (χ2n) is 4.04. The number of anilines is 2. The number of sulfonamides is 1. The largest absolute Gasteiger partial charge is 0.397 e. The number of hydrogen-bond acceptors (Lipinski definition) is 3. The molecule has 0 aliphatic rings. The highest BCUT2D eigenvalue weighted by Gasteiger charge is 2.26. The number of hydrogen-bond donors (Lipinski definition) is 2. The van der Waals surface area contributed by atoms with E-state index in [2.05, 4.69) is 0 Å². The molecule has 9 heteroatoms. The fraction of sp³-hybridized carbons (Fsp3) is 0. The summed E-state index contributed by atoms with van der Waals surface area (Å²) >= 11 is 0. The quantitative estimate of drug-likeness (QED) is 0.674. The van der Waals surface area contributed by atoms with Gasteiger partial charge in [0.2, 0.25) is 0 Å². The summed E-state index contributed by atoms with van der Waals surface area (Å²) in [5.74, 6) is -5.30. The van der Waals surface area contributed by atoms with Crippen LogP contribution in [-0.2, 0) is 10.0 Å². The molecule has 0 aromatic heterocycles. The van der Waals surface area contributed by atoms with E-state index in [-0.39, 0.29) is 17.8 Å². The zero-order chi connectivity index (χ0) is 15.8. The minimum Gasteiger partial charge on any atom is -0.397 e. The lowest BCUT2D eigenvalue weighted by Crippen LogP contribution is -2.17. The van der Waals surface area contributed by atoms with Crippen LogP contribution < -0.4 is 10.5 Å². The Balaban J connectivity index is 2.51. The van der Waals surface area contributed by atoms with Gasteiger partial charge in [0, 0.05) is 18.2 Å². The number of nitrogen functional groups attached to an aromatic ring is 1. The Bertz CT molecular complexity index is 786. The minimum atomic E-state index is -4.74. The molecule has 21 heavy (non-hydrogen) atoms. The van der Waals surface area contributed by atoms with Crippen LogP contribution in [0, 0.1) is 23.3 Å². The van der Waals surface area contributed by atoms with Gasteiger partial charge in [-0.2, -0.15) is 0 Å². The molecule has 2 aromatic rings. The summed E-state index contributed by atoms with van der Waals surface area (Å²) < 4.78 is 78.4. The highest BCUT2D eigenvalue weighted by molar-refractivity contribution is 7.92. The molecule has 2 rings (SSSR count). The van der Waals surface area contributed by atoms with Crippen molar-refractivity contribution in [3.8, 4) is 0 Å². The highest BCUT2D eigenvalue weighted by atomic mass is 32.2. The number of benzene rings is 2. The number of nitrogens with two attached hydrogens (primary N) is 1. The third kappa shape index (κ3) is 3.07. The average molecular weight is 320 g/mol. The minimum absolute atomic E-state index is 0.150. The Morgan fingerprint density at radius 2 is 1.48 bits per heavy atom. The van der Waals surface area contributed by atoms with Gasteiger partial charge in [-0.1, -0.05) is 0 Å². The van der Waals surface area contributed by atoms with Crippen molar-refractivity contribution in [1.82, 2.24) is 0 Å². The summed E-state index contributed by atoms with van der Waals surface area (Å²) in [5.41, 5.74) is 4.89. The predicted molar refractivity (Wildman–Crippen MR) is 67.9 cm³/mol. The Labute approximate surface area is 117 Å². The van der Waals surface area contributed by atoms with Crippen LogP contribution in [0.5, 0.6) is 0 Å². The number of halogens is 4. The number of nitrogens with one attached hydrogen (secondary N) is 1. The summed E-state index contributed by atoms with van der Waals surface area (Å²) in [6.45, 7) is 0. The van der Waals surface area contributed by atoms with E-state index in [1.165, 1.54) is 0 Å². The number of rotatable bonds is 3. The van der Waals surface area contributed by atoms with Gasteiger partial charge < -0.3 is 5.73 Å². The normalized spacial score (nSPS) is 11.4. The molecule has 2 aromatic carbocycles. The molecule has 0 unspecified atom stereocenters. The van der Waals surface area contributed by atoms with Crippen molar-refractivity contribution >= 4 is 21.4 Å². The van der Waals surface area contributed by atoms with Crippen molar-refractivity contribution in [3.05, 3.63) is 53.6 Å². The molecule has 0 amide bonds. The molecule has 112 valence electrons. The fourth-order valence-electron chi connectivity index (χ4n) is 1.60. The van der Waals surface area contributed by atoms with Crippen molar-refractivity contribution in [2.24, 2.45) is 0 Å². The summed E-state index contributed by atoms with van der Waals surface area (Å²) in [5, 5.41) is 0. The smallest absolute Gasteiger partial charge is 0.267 e. The first-order chi connectivity index (χ1) is 9.70. The van der Waals surface area contributed by atoms with Crippen LogP contribution in [0.2, 0.25) is 0 Å². The topological polar surface area (TPSA) is 72.2 Å². The van der Waals surface area contributed by atoms with Crippen molar-refractivity contribution < 1.29 is 26.0 Å². The van der Waals surface area contributed by atoms with Gasteiger partial charge in [-0.15, -0.1) is 0 Å². The van der Waals surface area contributed by atoms with Crippen molar-refractivity contribution in [3.63, 3.8) is 0 Å². The van der Waals surface area contributed by atoms with Crippen LogP contribution in [-0.4, -0.2) is 8.42 Å². The van der Waals surface area contributed by atoms with Crippen LogP contribution in [0.1, 0.15) is 0 Å². The van der Waals surface area contributed by atoms with Gasteiger partial charge in [-0.05, 0) is 12.1 Å². The average Bonchev–Trinajstić information content (AvgIpc) is 2.31. The first-order valence-electron chi connectivity index (χ1n) is 5.43. The lowest BCUT2D eigenvalue weighted by molar-refractivity contribution is 0.498. The molecule has 0 fully saturated rings. The van der Waals surface area contributed by atoms with Gasteiger partial charge in [0.1, 0.15) is 23.3 Å². The molecule has 0 aliphatic heterocycles. The highest BCUT2D eigenvalue weighted by Crippen LogP contribution is 2.26. The van der Waals surface area contributed by atoms with E-state index in [0.29, 0.717) is 0 Å². The molecule has 0 bridgehead atoms. The van der Waals surface area contributed by atoms with Gasteiger partial charge in [-0.25, -0.2) is 26.0 Å². The van der Waals surface area contributed by atoms with Crippen LogP contribution >= 0.6 is 0 Å². The van der Waals surface area contributed by atoms with Gasteiger partial charge in [-0.3, -0.25) is 4.72 Å². The van der Waals surface area contributed by atoms with Gasteiger partial charge in [0.05, 0.1) is 11.4 Å². The molecular formula is C12H8F4N2O2S. The third-order valence-corrected chi connectivity index (χ3v) is 3.91. The van der Waals surface area contributed by atoms with E-state index in [0.717, 1.165) is 18.2 Å². The monoisotopic (exact) mass is 320 g/mol. The van der Waals surface area contributed by atoms with E-state index in [9.17, 15) is 26.0 Å². The fourth-order valence-corrected chi connectivity index (χ4v) is 2.80. The van der Waals surface area contributed by atoms with Crippen LogP contribution in [0.15, 0.2) is 35.2 Å².